The lowest BCUT2D eigenvalue weighted by Gasteiger charge is -2.05. The minimum atomic E-state index is -0.00504. The summed E-state index contributed by atoms with van der Waals surface area (Å²) in [4.78, 5) is 23.5. The Bertz CT molecular complexity index is 449. The Labute approximate surface area is 138 Å². The lowest BCUT2D eigenvalue weighted by atomic mass is 10.1. The maximum absolute atomic E-state index is 11.9. The largest absolute Gasteiger partial charge is 0.497 e. The predicted octanol–water partition coefficient (Wildman–Crippen LogP) is 2.33. The standard InChI is InChI=1S/C16H24N2O3.ClH/c1-21-14-9-7-13(8-10-14)15(19)5-4-6-16(20)18-12-3-2-11-17;/h7-10H,2-6,11-12,17H2,1H3,(H,18,20);1H. The molecule has 0 radical (unpaired) electrons. The minimum Gasteiger partial charge on any atom is -0.497 e. The molecule has 22 heavy (non-hydrogen) atoms. The molecule has 0 fully saturated rings. The van der Waals surface area contributed by atoms with E-state index < -0.39 is 0 Å². The summed E-state index contributed by atoms with van der Waals surface area (Å²) in [6, 6.07) is 7.01. The summed E-state index contributed by atoms with van der Waals surface area (Å²) in [5, 5.41) is 2.82. The zero-order valence-corrected chi connectivity index (χ0v) is 13.8. The summed E-state index contributed by atoms with van der Waals surface area (Å²) in [5.41, 5.74) is 6.03. The molecule has 0 unspecified atom stereocenters. The van der Waals surface area contributed by atoms with Gasteiger partial charge in [0.2, 0.25) is 5.91 Å². The number of unbranched alkanes of at least 4 members (excludes halogenated alkanes) is 1. The second-order valence-electron chi connectivity index (χ2n) is 4.85. The van der Waals surface area contributed by atoms with Crippen molar-refractivity contribution >= 4 is 24.1 Å². The van der Waals surface area contributed by atoms with Crippen LogP contribution in [0.15, 0.2) is 24.3 Å². The second-order valence-corrected chi connectivity index (χ2v) is 4.85. The fraction of sp³-hybridized carbons (Fsp3) is 0.500. The van der Waals surface area contributed by atoms with Crippen molar-refractivity contribution in [3.05, 3.63) is 29.8 Å². The number of ketones is 1. The highest BCUT2D eigenvalue weighted by Crippen LogP contribution is 2.13. The number of methoxy groups -OCH3 is 1. The third-order valence-corrected chi connectivity index (χ3v) is 3.17. The van der Waals surface area contributed by atoms with Crippen LogP contribution in [0.3, 0.4) is 0 Å². The summed E-state index contributed by atoms with van der Waals surface area (Å²) in [6.07, 6.45) is 3.13. The molecule has 1 aromatic carbocycles. The van der Waals surface area contributed by atoms with Crippen LogP contribution in [-0.4, -0.2) is 31.9 Å². The normalized spacial score (nSPS) is 9.73. The van der Waals surface area contributed by atoms with Gasteiger partial charge in [0, 0.05) is 24.9 Å². The molecule has 5 nitrogen and oxygen atoms in total. The van der Waals surface area contributed by atoms with Gasteiger partial charge >= 0.3 is 0 Å². The summed E-state index contributed by atoms with van der Waals surface area (Å²) in [6.45, 7) is 1.30. The molecule has 1 amide bonds. The van der Waals surface area contributed by atoms with Gasteiger partial charge in [0.15, 0.2) is 5.78 Å². The lowest BCUT2D eigenvalue weighted by molar-refractivity contribution is -0.121. The number of hydrogen-bond acceptors (Lipinski definition) is 4. The van der Waals surface area contributed by atoms with Gasteiger partial charge in [-0.15, -0.1) is 12.4 Å². The van der Waals surface area contributed by atoms with Crippen LogP contribution in [0, 0.1) is 0 Å². The van der Waals surface area contributed by atoms with Crippen molar-refractivity contribution in [2.24, 2.45) is 5.73 Å². The predicted molar refractivity (Wildman–Crippen MR) is 89.7 cm³/mol. The molecule has 6 heteroatoms. The average molecular weight is 329 g/mol. The Morgan fingerprint density at radius 3 is 2.36 bits per heavy atom. The number of hydrogen-bond donors (Lipinski definition) is 2. The number of benzene rings is 1. The van der Waals surface area contributed by atoms with E-state index in [2.05, 4.69) is 5.32 Å². The zero-order valence-electron chi connectivity index (χ0n) is 13.0. The fourth-order valence-electron chi connectivity index (χ4n) is 1.92. The molecular weight excluding hydrogens is 304 g/mol. The van der Waals surface area contributed by atoms with E-state index in [4.69, 9.17) is 10.5 Å². The summed E-state index contributed by atoms with van der Waals surface area (Å²) in [7, 11) is 1.59. The Morgan fingerprint density at radius 2 is 1.77 bits per heavy atom. The quantitative estimate of drug-likeness (QED) is 0.510. The van der Waals surface area contributed by atoms with Gasteiger partial charge in [-0.05, 0) is 50.1 Å². The van der Waals surface area contributed by atoms with Crippen molar-refractivity contribution in [3.8, 4) is 5.75 Å². The summed E-state index contributed by atoms with van der Waals surface area (Å²) in [5.74, 6) is 0.770. The molecule has 1 rings (SSSR count). The van der Waals surface area contributed by atoms with Crippen molar-refractivity contribution in [2.45, 2.75) is 32.1 Å². The first-order valence-electron chi connectivity index (χ1n) is 7.31. The first-order valence-corrected chi connectivity index (χ1v) is 7.31. The molecule has 0 aliphatic carbocycles. The van der Waals surface area contributed by atoms with Gasteiger partial charge in [-0.2, -0.15) is 0 Å². The molecule has 0 aromatic heterocycles. The highest BCUT2D eigenvalue weighted by Gasteiger charge is 2.07. The highest BCUT2D eigenvalue weighted by atomic mass is 35.5. The SMILES string of the molecule is COc1ccc(C(=O)CCCC(=O)NCCCCN)cc1.Cl. The summed E-state index contributed by atoms with van der Waals surface area (Å²) < 4.78 is 5.04. The molecule has 0 heterocycles. The molecule has 0 spiro atoms. The first-order chi connectivity index (χ1) is 10.2. The van der Waals surface area contributed by atoms with Crippen molar-refractivity contribution in [2.75, 3.05) is 20.2 Å². The van der Waals surface area contributed by atoms with Crippen LogP contribution in [-0.2, 0) is 4.79 Å². The van der Waals surface area contributed by atoms with Gasteiger partial charge in [0.1, 0.15) is 5.75 Å². The molecule has 0 aliphatic heterocycles. The van der Waals surface area contributed by atoms with Crippen LogP contribution in [0.1, 0.15) is 42.5 Å². The molecule has 0 saturated heterocycles. The zero-order chi connectivity index (χ0) is 15.5. The highest BCUT2D eigenvalue weighted by molar-refractivity contribution is 5.96. The van der Waals surface area contributed by atoms with E-state index in [0.29, 0.717) is 37.9 Å². The number of amides is 1. The van der Waals surface area contributed by atoms with Gasteiger partial charge in [0.25, 0.3) is 0 Å². The van der Waals surface area contributed by atoms with Gasteiger partial charge in [-0.1, -0.05) is 0 Å². The van der Waals surface area contributed by atoms with Crippen LogP contribution in [0.4, 0.5) is 0 Å². The molecular formula is C16H25ClN2O3. The van der Waals surface area contributed by atoms with Crippen LogP contribution in [0.5, 0.6) is 5.75 Å². The molecule has 124 valence electrons. The van der Waals surface area contributed by atoms with Gasteiger partial charge in [-0.3, -0.25) is 9.59 Å². The lowest BCUT2D eigenvalue weighted by Crippen LogP contribution is -2.24. The first kappa shape index (κ1) is 20.4. The van der Waals surface area contributed by atoms with Crippen molar-refractivity contribution < 1.29 is 14.3 Å². The van der Waals surface area contributed by atoms with E-state index in [-0.39, 0.29) is 24.1 Å². The van der Waals surface area contributed by atoms with Crippen molar-refractivity contribution in [1.29, 1.82) is 0 Å². The Balaban J connectivity index is 0.00000441. The van der Waals surface area contributed by atoms with Crippen molar-refractivity contribution in [3.63, 3.8) is 0 Å². The van der Waals surface area contributed by atoms with E-state index in [1.54, 1.807) is 31.4 Å². The minimum absolute atomic E-state index is 0. The maximum atomic E-state index is 11.9. The third-order valence-electron chi connectivity index (χ3n) is 3.17. The number of rotatable bonds is 10. The van der Waals surface area contributed by atoms with E-state index in [0.717, 1.165) is 18.6 Å². The molecule has 3 N–H and O–H groups in total. The van der Waals surface area contributed by atoms with Gasteiger partial charge in [0.05, 0.1) is 7.11 Å². The van der Waals surface area contributed by atoms with Crippen molar-refractivity contribution in [1.82, 2.24) is 5.32 Å². The monoisotopic (exact) mass is 328 g/mol. The molecule has 1 aromatic rings. The van der Waals surface area contributed by atoms with Gasteiger partial charge in [-0.25, -0.2) is 0 Å². The number of halogens is 1. The molecule has 0 atom stereocenters. The molecule has 0 saturated carbocycles. The maximum Gasteiger partial charge on any atom is 0.220 e. The van der Waals surface area contributed by atoms with Crippen LogP contribution < -0.4 is 15.8 Å². The number of nitrogens with one attached hydrogen (secondary N) is 1. The number of carbonyl (C=O) groups excluding carboxylic acids is 2. The number of carbonyl (C=O) groups is 2. The van der Waals surface area contributed by atoms with Gasteiger partial charge < -0.3 is 15.8 Å². The van der Waals surface area contributed by atoms with Crippen LogP contribution >= 0.6 is 12.4 Å². The fourth-order valence-corrected chi connectivity index (χ4v) is 1.92. The number of Topliss-reactive ketones (excluding diaryl/α,β-unsaturated/α-hetero) is 1. The Morgan fingerprint density at radius 1 is 1.09 bits per heavy atom. The Kier molecular flexibility index (Phi) is 11.1. The number of nitrogens with two attached hydrogens (primary N) is 1. The summed E-state index contributed by atoms with van der Waals surface area (Å²) >= 11 is 0. The smallest absolute Gasteiger partial charge is 0.220 e. The third kappa shape index (κ3) is 8.00. The van der Waals surface area contributed by atoms with Crippen LogP contribution in [0.2, 0.25) is 0 Å². The van der Waals surface area contributed by atoms with Crippen LogP contribution in [0.25, 0.3) is 0 Å². The Hall–Kier alpha value is -1.59. The topological polar surface area (TPSA) is 81.4 Å². The molecule has 0 aliphatic rings. The van der Waals surface area contributed by atoms with E-state index in [9.17, 15) is 9.59 Å². The number of ether oxygens (including phenoxy) is 1. The average Bonchev–Trinajstić information content (AvgIpc) is 2.51. The molecule has 0 bridgehead atoms. The van der Waals surface area contributed by atoms with E-state index in [1.807, 2.05) is 0 Å². The van der Waals surface area contributed by atoms with E-state index in [1.165, 1.54) is 0 Å². The van der Waals surface area contributed by atoms with E-state index >= 15 is 0 Å². The second kappa shape index (κ2) is 12.0.